The summed E-state index contributed by atoms with van der Waals surface area (Å²) in [5, 5.41) is 12.5. The van der Waals surface area contributed by atoms with Crippen molar-refractivity contribution in [2.24, 2.45) is 0 Å². The first-order chi connectivity index (χ1) is 9.67. The lowest BCUT2D eigenvalue weighted by Gasteiger charge is -2.16. The third-order valence-electron chi connectivity index (χ3n) is 3.31. The van der Waals surface area contributed by atoms with Crippen LogP contribution in [0.25, 0.3) is 0 Å². The van der Waals surface area contributed by atoms with Crippen molar-refractivity contribution in [3.8, 4) is 0 Å². The second-order valence-electron chi connectivity index (χ2n) is 4.51. The van der Waals surface area contributed by atoms with Gasteiger partial charge in [-0.1, -0.05) is 32.0 Å². The second-order valence-corrected chi connectivity index (χ2v) is 4.51. The van der Waals surface area contributed by atoms with Crippen LogP contribution in [-0.4, -0.2) is 16.1 Å². The molecule has 0 amide bonds. The first kappa shape index (κ1) is 14.1. The molecule has 1 heterocycles. The van der Waals surface area contributed by atoms with E-state index in [4.69, 9.17) is 0 Å². The standard InChI is InChI=1S/C16H18N2O2/c1-3-11-6-5-7-12(4-2)15(11)18-14-10-17-9-8-13(14)16(19)20/h5-10,18H,3-4H2,1-2H3,(H,19,20). The quantitative estimate of drug-likeness (QED) is 0.870. The fraction of sp³-hybridized carbons (Fsp3) is 0.250. The number of carboxylic acids is 1. The van der Waals surface area contributed by atoms with E-state index >= 15 is 0 Å². The summed E-state index contributed by atoms with van der Waals surface area (Å²) >= 11 is 0. The molecule has 0 aliphatic heterocycles. The number of aromatic carboxylic acids is 1. The van der Waals surface area contributed by atoms with Crippen LogP contribution < -0.4 is 5.32 Å². The molecule has 0 aliphatic carbocycles. The minimum atomic E-state index is -0.957. The van der Waals surface area contributed by atoms with Crippen LogP contribution >= 0.6 is 0 Å². The van der Waals surface area contributed by atoms with Gasteiger partial charge in [-0.3, -0.25) is 4.98 Å². The van der Waals surface area contributed by atoms with Gasteiger partial charge in [0.15, 0.2) is 0 Å². The molecule has 2 rings (SSSR count). The number of anilines is 2. The lowest BCUT2D eigenvalue weighted by atomic mass is 10.0. The molecule has 2 aromatic rings. The monoisotopic (exact) mass is 270 g/mol. The number of aryl methyl sites for hydroxylation is 2. The number of hydrogen-bond donors (Lipinski definition) is 2. The Bertz CT molecular complexity index is 601. The molecule has 20 heavy (non-hydrogen) atoms. The third-order valence-corrected chi connectivity index (χ3v) is 3.31. The smallest absolute Gasteiger partial charge is 0.337 e. The Morgan fingerprint density at radius 2 is 1.85 bits per heavy atom. The summed E-state index contributed by atoms with van der Waals surface area (Å²) in [6, 6.07) is 7.64. The molecule has 4 nitrogen and oxygen atoms in total. The number of carbonyl (C=O) groups is 1. The topological polar surface area (TPSA) is 62.2 Å². The lowest BCUT2D eigenvalue weighted by molar-refractivity contribution is 0.0698. The van der Waals surface area contributed by atoms with E-state index in [1.54, 1.807) is 6.20 Å². The van der Waals surface area contributed by atoms with E-state index in [2.05, 4.69) is 36.3 Å². The molecule has 0 atom stereocenters. The molecule has 0 saturated carbocycles. The number of nitrogens with one attached hydrogen (secondary N) is 1. The average Bonchev–Trinajstić information content (AvgIpc) is 2.47. The largest absolute Gasteiger partial charge is 0.478 e. The Morgan fingerprint density at radius 3 is 2.40 bits per heavy atom. The Kier molecular flexibility index (Phi) is 4.35. The maximum absolute atomic E-state index is 11.3. The van der Waals surface area contributed by atoms with Gasteiger partial charge in [-0.2, -0.15) is 0 Å². The molecule has 1 aromatic heterocycles. The zero-order chi connectivity index (χ0) is 14.5. The molecule has 0 radical (unpaired) electrons. The predicted molar refractivity (Wildman–Crippen MR) is 79.7 cm³/mol. The molecule has 104 valence electrons. The fourth-order valence-corrected chi connectivity index (χ4v) is 2.22. The summed E-state index contributed by atoms with van der Waals surface area (Å²) < 4.78 is 0. The zero-order valence-electron chi connectivity index (χ0n) is 11.7. The highest BCUT2D eigenvalue weighted by Gasteiger charge is 2.12. The molecule has 1 aromatic carbocycles. The summed E-state index contributed by atoms with van der Waals surface area (Å²) in [7, 11) is 0. The minimum absolute atomic E-state index is 0.230. The molecule has 0 unspecified atom stereocenters. The van der Waals surface area contributed by atoms with Crippen molar-refractivity contribution in [2.75, 3.05) is 5.32 Å². The van der Waals surface area contributed by atoms with Crippen LogP contribution in [0.1, 0.15) is 35.3 Å². The van der Waals surface area contributed by atoms with E-state index in [0.717, 1.165) is 18.5 Å². The average molecular weight is 270 g/mol. The first-order valence-electron chi connectivity index (χ1n) is 6.72. The number of pyridine rings is 1. The van der Waals surface area contributed by atoms with Crippen LogP contribution in [-0.2, 0) is 12.8 Å². The maximum Gasteiger partial charge on any atom is 0.337 e. The predicted octanol–water partition coefficient (Wildman–Crippen LogP) is 3.65. The van der Waals surface area contributed by atoms with Crippen molar-refractivity contribution in [2.45, 2.75) is 26.7 Å². The summed E-state index contributed by atoms with van der Waals surface area (Å²) in [5.41, 5.74) is 4.09. The Labute approximate surface area is 118 Å². The van der Waals surface area contributed by atoms with Crippen molar-refractivity contribution in [3.05, 3.63) is 53.3 Å². The SMILES string of the molecule is CCc1cccc(CC)c1Nc1cnccc1C(=O)O. The lowest BCUT2D eigenvalue weighted by Crippen LogP contribution is -2.06. The van der Waals surface area contributed by atoms with Crippen LogP contribution in [0.3, 0.4) is 0 Å². The van der Waals surface area contributed by atoms with Crippen LogP contribution in [0, 0.1) is 0 Å². The molecular weight excluding hydrogens is 252 g/mol. The number of hydrogen-bond acceptors (Lipinski definition) is 3. The Morgan fingerprint density at radius 1 is 1.20 bits per heavy atom. The van der Waals surface area contributed by atoms with Gasteiger partial charge in [-0.15, -0.1) is 0 Å². The highest BCUT2D eigenvalue weighted by molar-refractivity contribution is 5.95. The van der Waals surface area contributed by atoms with Gasteiger partial charge in [0, 0.05) is 11.9 Å². The van der Waals surface area contributed by atoms with Crippen LogP contribution in [0.2, 0.25) is 0 Å². The minimum Gasteiger partial charge on any atom is -0.478 e. The maximum atomic E-state index is 11.3. The molecule has 0 bridgehead atoms. The van der Waals surface area contributed by atoms with Crippen molar-refractivity contribution >= 4 is 17.3 Å². The van der Waals surface area contributed by atoms with E-state index < -0.39 is 5.97 Å². The number of nitrogens with zero attached hydrogens (tertiary/aromatic N) is 1. The third kappa shape index (κ3) is 2.79. The Hall–Kier alpha value is -2.36. The zero-order valence-corrected chi connectivity index (χ0v) is 11.7. The van der Waals surface area contributed by atoms with Crippen LogP contribution in [0.4, 0.5) is 11.4 Å². The van der Waals surface area contributed by atoms with Crippen LogP contribution in [0.15, 0.2) is 36.7 Å². The van der Waals surface area contributed by atoms with Gasteiger partial charge < -0.3 is 10.4 Å². The molecule has 4 heteroatoms. The normalized spacial score (nSPS) is 10.3. The van der Waals surface area contributed by atoms with E-state index in [-0.39, 0.29) is 5.56 Å². The summed E-state index contributed by atoms with van der Waals surface area (Å²) in [6.45, 7) is 4.17. The van der Waals surface area contributed by atoms with Gasteiger partial charge >= 0.3 is 5.97 Å². The first-order valence-corrected chi connectivity index (χ1v) is 6.72. The molecule has 0 aliphatic rings. The molecule has 0 spiro atoms. The Balaban J connectivity index is 2.47. The number of aromatic nitrogens is 1. The van der Waals surface area contributed by atoms with E-state index in [9.17, 15) is 9.90 Å². The van der Waals surface area contributed by atoms with E-state index in [1.165, 1.54) is 23.4 Å². The van der Waals surface area contributed by atoms with Gasteiger partial charge in [-0.25, -0.2) is 4.79 Å². The fourth-order valence-electron chi connectivity index (χ4n) is 2.22. The highest BCUT2D eigenvalue weighted by Crippen LogP contribution is 2.27. The van der Waals surface area contributed by atoms with Gasteiger partial charge in [0.1, 0.15) is 0 Å². The number of benzene rings is 1. The number of rotatable bonds is 5. The van der Waals surface area contributed by atoms with Crippen molar-refractivity contribution in [1.82, 2.24) is 4.98 Å². The summed E-state index contributed by atoms with van der Waals surface area (Å²) in [6.07, 6.45) is 4.81. The molecular formula is C16H18N2O2. The van der Waals surface area contributed by atoms with Gasteiger partial charge in [0.25, 0.3) is 0 Å². The molecule has 0 saturated heterocycles. The van der Waals surface area contributed by atoms with Crippen molar-refractivity contribution in [1.29, 1.82) is 0 Å². The highest BCUT2D eigenvalue weighted by atomic mass is 16.4. The summed E-state index contributed by atoms with van der Waals surface area (Å²) in [4.78, 5) is 15.3. The van der Waals surface area contributed by atoms with E-state index in [0.29, 0.717) is 5.69 Å². The molecule has 0 fully saturated rings. The van der Waals surface area contributed by atoms with Crippen LogP contribution in [0.5, 0.6) is 0 Å². The van der Waals surface area contributed by atoms with E-state index in [1.807, 2.05) is 6.07 Å². The van der Waals surface area contributed by atoms with Crippen molar-refractivity contribution < 1.29 is 9.90 Å². The van der Waals surface area contributed by atoms with Crippen molar-refractivity contribution in [3.63, 3.8) is 0 Å². The van der Waals surface area contributed by atoms with Gasteiger partial charge in [0.2, 0.25) is 0 Å². The molecule has 2 N–H and O–H groups in total. The summed E-state index contributed by atoms with van der Waals surface area (Å²) in [5.74, 6) is -0.957. The number of carboxylic acid groups (broad SMARTS) is 1. The van der Waals surface area contributed by atoms with Gasteiger partial charge in [-0.05, 0) is 30.0 Å². The second kappa shape index (κ2) is 6.19. The van der Waals surface area contributed by atoms with Gasteiger partial charge in [0.05, 0.1) is 17.4 Å². The number of para-hydroxylation sites is 1.